The normalized spacial score (nSPS) is 11.2. The van der Waals surface area contributed by atoms with E-state index in [-0.39, 0.29) is 23.6 Å². The van der Waals surface area contributed by atoms with Crippen LogP contribution in [0.1, 0.15) is 21.7 Å². The van der Waals surface area contributed by atoms with E-state index < -0.39 is 16.0 Å². The van der Waals surface area contributed by atoms with Gasteiger partial charge in [-0.05, 0) is 42.5 Å². The van der Waals surface area contributed by atoms with Gasteiger partial charge in [0.15, 0.2) is 0 Å². The van der Waals surface area contributed by atoms with Gasteiger partial charge in [0.05, 0.1) is 23.3 Å². The summed E-state index contributed by atoms with van der Waals surface area (Å²) in [5.74, 6) is -0.0366. The van der Waals surface area contributed by atoms with Crippen LogP contribution in [0.15, 0.2) is 76.5 Å². The molecule has 0 atom stereocenters. The summed E-state index contributed by atoms with van der Waals surface area (Å²) in [4.78, 5) is 16.0. The number of hydrogen-bond acceptors (Lipinski definition) is 6. The molecule has 3 aromatic rings. The minimum Gasteiger partial charge on any atom is -0.468 e. The molecular weight excluding hydrogens is 356 g/mol. The standard InChI is InChI=1S/C18H16N2O5S/c21-18(25-13-14-3-1-9-19-11-14)15-5-7-17(8-6-15)26(22,23)20-12-16-4-2-10-24-16/h1-11,20H,12-13H2. The van der Waals surface area contributed by atoms with Crippen LogP contribution in [0.25, 0.3) is 0 Å². The number of benzene rings is 1. The van der Waals surface area contributed by atoms with Gasteiger partial charge in [-0.1, -0.05) is 6.07 Å². The van der Waals surface area contributed by atoms with Crippen LogP contribution in [-0.4, -0.2) is 19.4 Å². The fraction of sp³-hybridized carbons (Fsp3) is 0.111. The zero-order chi connectivity index (χ0) is 18.4. The molecule has 0 radical (unpaired) electrons. The summed E-state index contributed by atoms with van der Waals surface area (Å²) in [5.41, 5.74) is 1.03. The third-order valence-corrected chi connectivity index (χ3v) is 4.93. The van der Waals surface area contributed by atoms with Gasteiger partial charge in [0.25, 0.3) is 0 Å². The average Bonchev–Trinajstić information content (AvgIpc) is 3.19. The smallest absolute Gasteiger partial charge is 0.338 e. The number of ether oxygens (including phenoxy) is 1. The van der Waals surface area contributed by atoms with Crippen molar-refractivity contribution in [2.24, 2.45) is 0 Å². The van der Waals surface area contributed by atoms with E-state index in [1.54, 1.807) is 36.7 Å². The molecule has 8 heteroatoms. The monoisotopic (exact) mass is 372 g/mol. The molecule has 1 N–H and O–H groups in total. The predicted octanol–water partition coefficient (Wildman–Crippen LogP) is 2.51. The third-order valence-electron chi connectivity index (χ3n) is 3.51. The van der Waals surface area contributed by atoms with Crippen LogP contribution in [0.4, 0.5) is 0 Å². The van der Waals surface area contributed by atoms with Crippen molar-refractivity contribution in [1.82, 2.24) is 9.71 Å². The van der Waals surface area contributed by atoms with Gasteiger partial charge in [0.2, 0.25) is 10.0 Å². The molecule has 0 aliphatic rings. The number of carbonyl (C=O) groups is 1. The summed E-state index contributed by atoms with van der Waals surface area (Å²) in [6, 6.07) is 12.4. The first-order valence-corrected chi connectivity index (χ1v) is 9.21. The van der Waals surface area contributed by atoms with Crippen molar-refractivity contribution in [1.29, 1.82) is 0 Å². The molecule has 0 unspecified atom stereocenters. The Hall–Kier alpha value is -2.97. The SMILES string of the molecule is O=C(OCc1cccnc1)c1ccc(S(=O)(=O)NCc2ccco2)cc1. The van der Waals surface area contributed by atoms with E-state index in [0.29, 0.717) is 5.76 Å². The Labute approximate surface area is 150 Å². The van der Waals surface area contributed by atoms with Crippen LogP contribution in [0.2, 0.25) is 0 Å². The Balaban J connectivity index is 1.61. The summed E-state index contributed by atoms with van der Waals surface area (Å²) in [6.07, 6.45) is 4.70. The number of furan rings is 1. The number of carbonyl (C=O) groups excluding carboxylic acids is 1. The summed E-state index contributed by atoms with van der Waals surface area (Å²) in [5, 5.41) is 0. The van der Waals surface area contributed by atoms with Gasteiger partial charge in [0, 0.05) is 18.0 Å². The molecule has 0 saturated carbocycles. The molecule has 1 aromatic carbocycles. The molecule has 0 aliphatic heterocycles. The maximum absolute atomic E-state index is 12.2. The highest BCUT2D eigenvalue weighted by molar-refractivity contribution is 7.89. The van der Waals surface area contributed by atoms with Crippen molar-refractivity contribution in [3.05, 3.63) is 84.1 Å². The first-order valence-electron chi connectivity index (χ1n) is 7.73. The van der Waals surface area contributed by atoms with Crippen LogP contribution in [0.3, 0.4) is 0 Å². The zero-order valence-electron chi connectivity index (χ0n) is 13.7. The minimum absolute atomic E-state index is 0.0459. The third kappa shape index (κ3) is 4.56. The Morgan fingerprint density at radius 3 is 2.58 bits per heavy atom. The summed E-state index contributed by atoms with van der Waals surface area (Å²) < 4.78 is 37.2. The number of hydrogen-bond donors (Lipinski definition) is 1. The second-order valence-electron chi connectivity index (χ2n) is 5.37. The highest BCUT2D eigenvalue weighted by Crippen LogP contribution is 2.13. The second-order valence-corrected chi connectivity index (χ2v) is 7.13. The quantitative estimate of drug-likeness (QED) is 0.640. The van der Waals surface area contributed by atoms with Crippen molar-refractivity contribution < 1.29 is 22.4 Å². The van der Waals surface area contributed by atoms with Gasteiger partial charge >= 0.3 is 5.97 Å². The van der Waals surface area contributed by atoms with Gasteiger partial charge in [-0.2, -0.15) is 0 Å². The molecule has 0 spiro atoms. The number of rotatable bonds is 7. The first kappa shape index (κ1) is 17.8. The van der Waals surface area contributed by atoms with Gasteiger partial charge in [0.1, 0.15) is 12.4 Å². The van der Waals surface area contributed by atoms with Crippen LogP contribution < -0.4 is 4.72 Å². The van der Waals surface area contributed by atoms with E-state index in [4.69, 9.17) is 9.15 Å². The number of nitrogens with one attached hydrogen (secondary N) is 1. The molecule has 0 bridgehead atoms. The zero-order valence-corrected chi connectivity index (χ0v) is 14.5. The maximum Gasteiger partial charge on any atom is 0.338 e. The molecule has 7 nitrogen and oxygen atoms in total. The average molecular weight is 372 g/mol. The largest absolute Gasteiger partial charge is 0.468 e. The van der Waals surface area contributed by atoms with E-state index in [1.807, 2.05) is 0 Å². The van der Waals surface area contributed by atoms with Crippen molar-refractivity contribution >= 4 is 16.0 Å². The minimum atomic E-state index is -3.70. The Kier molecular flexibility index (Phi) is 5.45. The molecule has 0 amide bonds. The molecule has 134 valence electrons. The summed E-state index contributed by atoms with van der Waals surface area (Å²) in [6.45, 7) is 0.141. The molecular formula is C18H16N2O5S. The fourth-order valence-corrected chi connectivity index (χ4v) is 3.14. The van der Waals surface area contributed by atoms with Gasteiger partial charge < -0.3 is 9.15 Å². The van der Waals surface area contributed by atoms with E-state index in [1.165, 1.54) is 30.5 Å². The van der Waals surface area contributed by atoms with Crippen LogP contribution in [-0.2, 0) is 27.9 Å². The van der Waals surface area contributed by atoms with E-state index in [0.717, 1.165) is 5.56 Å². The molecule has 0 saturated heterocycles. The van der Waals surface area contributed by atoms with Crippen molar-refractivity contribution in [2.45, 2.75) is 18.0 Å². The molecule has 0 fully saturated rings. The Morgan fingerprint density at radius 2 is 1.92 bits per heavy atom. The molecule has 2 aromatic heterocycles. The second kappa shape index (κ2) is 7.94. The fourth-order valence-electron chi connectivity index (χ4n) is 2.15. The first-order chi connectivity index (χ1) is 12.5. The topological polar surface area (TPSA) is 98.5 Å². The Bertz CT molecular complexity index is 953. The molecule has 3 rings (SSSR count). The van der Waals surface area contributed by atoms with Crippen molar-refractivity contribution in [3.63, 3.8) is 0 Å². The van der Waals surface area contributed by atoms with Crippen LogP contribution in [0.5, 0.6) is 0 Å². The lowest BCUT2D eigenvalue weighted by atomic mass is 10.2. The highest BCUT2D eigenvalue weighted by atomic mass is 32.2. The van der Waals surface area contributed by atoms with Gasteiger partial charge in [-0.3, -0.25) is 4.98 Å². The van der Waals surface area contributed by atoms with Gasteiger partial charge in [-0.15, -0.1) is 0 Å². The summed E-state index contributed by atoms with van der Waals surface area (Å²) in [7, 11) is -3.70. The summed E-state index contributed by atoms with van der Waals surface area (Å²) >= 11 is 0. The van der Waals surface area contributed by atoms with Crippen molar-refractivity contribution in [2.75, 3.05) is 0 Å². The number of nitrogens with zero attached hydrogens (tertiary/aromatic N) is 1. The van der Waals surface area contributed by atoms with E-state index >= 15 is 0 Å². The highest BCUT2D eigenvalue weighted by Gasteiger charge is 2.16. The number of aromatic nitrogens is 1. The predicted molar refractivity (Wildman–Crippen MR) is 92.5 cm³/mol. The lowest BCUT2D eigenvalue weighted by molar-refractivity contribution is 0.0472. The van der Waals surface area contributed by atoms with Crippen LogP contribution >= 0.6 is 0 Å². The number of pyridine rings is 1. The van der Waals surface area contributed by atoms with E-state index in [9.17, 15) is 13.2 Å². The number of sulfonamides is 1. The Morgan fingerprint density at radius 1 is 1.12 bits per heavy atom. The van der Waals surface area contributed by atoms with Crippen LogP contribution in [0, 0.1) is 0 Å². The number of esters is 1. The lowest BCUT2D eigenvalue weighted by Gasteiger charge is -2.07. The van der Waals surface area contributed by atoms with Gasteiger partial charge in [-0.25, -0.2) is 17.9 Å². The molecule has 26 heavy (non-hydrogen) atoms. The van der Waals surface area contributed by atoms with E-state index in [2.05, 4.69) is 9.71 Å². The molecule has 2 heterocycles. The molecule has 0 aliphatic carbocycles. The lowest BCUT2D eigenvalue weighted by Crippen LogP contribution is -2.23. The maximum atomic E-state index is 12.2. The van der Waals surface area contributed by atoms with Crippen molar-refractivity contribution in [3.8, 4) is 0 Å².